The number of hydrogen-bond donors (Lipinski definition) is 5. The molecular formula is C6H12O5. The van der Waals surface area contributed by atoms with E-state index in [0.717, 1.165) is 0 Å². The standard InChI is InChI=1S/C6H12O5/c7-2-1-3(8)5(10)6(11)4(2)9/h2-11H,1H2/t2?,3?,4-,5?,6?/m0/s1. The molecule has 0 heterocycles. The van der Waals surface area contributed by atoms with Gasteiger partial charge in [-0.3, -0.25) is 0 Å². The second kappa shape index (κ2) is 3.04. The van der Waals surface area contributed by atoms with Gasteiger partial charge in [-0.05, 0) is 0 Å². The van der Waals surface area contributed by atoms with Gasteiger partial charge in [0.2, 0.25) is 0 Å². The molecule has 5 nitrogen and oxygen atoms in total. The molecule has 5 heteroatoms. The summed E-state index contributed by atoms with van der Waals surface area (Å²) in [6.07, 6.45) is -6.64. The number of rotatable bonds is 0. The lowest BCUT2D eigenvalue weighted by molar-refractivity contribution is -0.176. The van der Waals surface area contributed by atoms with Gasteiger partial charge in [0.05, 0.1) is 12.2 Å². The number of hydrogen-bond acceptors (Lipinski definition) is 5. The number of aliphatic hydroxyl groups is 5. The molecule has 0 spiro atoms. The zero-order valence-corrected chi connectivity index (χ0v) is 5.83. The fourth-order valence-corrected chi connectivity index (χ4v) is 1.18. The molecule has 11 heavy (non-hydrogen) atoms. The lowest BCUT2D eigenvalue weighted by atomic mass is 9.87. The van der Waals surface area contributed by atoms with Crippen molar-refractivity contribution >= 4 is 0 Å². The smallest absolute Gasteiger partial charge is 0.111 e. The summed E-state index contributed by atoms with van der Waals surface area (Å²) in [5.74, 6) is 0. The molecule has 0 saturated heterocycles. The normalized spacial score (nSPS) is 52.6. The van der Waals surface area contributed by atoms with Crippen molar-refractivity contribution in [2.24, 2.45) is 0 Å². The van der Waals surface area contributed by atoms with Gasteiger partial charge >= 0.3 is 0 Å². The number of aliphatic hydroxyl groups excluding tert-OH is 5. The molecule has 0 amide bonds. The highest BCUT2D eigenvalue weighted by Crippen LogP contribution is 2.20. The fraction of sp³-hybridized carbons (Fsp3) is 1.00. The Hall–Kier alpha value is -0.200. The van der Waals surface area contributed by atoms with Gasteiger partial charge in [0.15, 0.2) is 0 Å². The Kier molecular flexibility index (Phi) is 2.46. The first-order chi connectivity index (χ1) is 5.04. The summed E-state index contributed by atoms with van der Waals surface area (Å²) in [6, 6.07) is 0. The third-order valence-electron chi connectivity index (χ3n) is 1.97. The maximum absolute atomic E-state index is 8.97. The van der Waals surface area contributed by atoms with Gasteiger partial charge in [-0.1, -0.05) is 0 Å². The fourth-order valence-electron chi connectivity index (χ4n) is 1.18. The highest BCUT2D eigenvalue weighted by atomic mass is 16.4. The average molecular weight is 164 g/mol. The molecule has 0 aromatic rings. The summed E-state index contributed by atoms with van der Waals surface area (Å²) < 4.78 is 0. The minimum atomic E-state index is -1.46. The largest absolute Gasteiger partial charge is 0.390 e. The zero-order valence-electron chi connectivity index (χ0n) is 5.83. The molecule has 5 N–H and O–H groups in total. The summed E-state index contributed by atoms with van der Waals surface area (Å²) in [6.45, 7) is 0. The van der Waals surface area contributed by atoms with Gasteiger partial charge in [-0.25, -0.2) is 0 Å². The van der Waals surface area contributed by atoms with E-state index in [-0.39, 0.29) is 6.42 Å². The van der Waals surface area contributed by atoms with Crippen LogP contribution in [0.2, 0.25) is 0 Å². The van der Waals surface area contributed by atoms with Crippen molar-refractivity contribution in [3.8, 4) is 0 Å². The highest BCUT2D eigenvalue weighted by molar-refractivity contribution is 4.92. The van der Waals surface area contributed by atoms with Crippen LogP contribution in [0.5, 0.6) is 0 Å². The average Bonchev–Trinajstić information content (AvgIpc) is 1.97. The van der Waals surface area contributed by atoms with E-state index < -0.39 is 30.5 Å². The van der Waals surface area contributed by atoms with E-state index in [9.17, 15) is 0 Å². The Bertz CT molecular complexity index is 125. The minimum Gasteiger partial charge on any atom is -0.390 e. The van der Waals surface area contributed by atoms with E-state index in [4.69, 9.17) is 25.5 Å². The lowest BCUT2D eigenvalue weighted by Gasteiger charge is -2.35. The van der Waals surface area contributed by atoms with Crippen LogP contribution in [0.4, 0.5) is 0 Å². The molecule has 0 radical (unpaired) electrons. The first-order valence-electron chi connectivity index (χ1n) is 3.44. The monoisotopic (exact) mass is 164 g/mol. The molecule has 0 aromatic carbocycles. The van der Waals surface area contributed by atoms with Crippen LogP contribution in [0.3, 0.4) is 0 Å². The topological polar surface area (TPSA) is 101 Å². The zero-order chi connectivity index (χ0) is 8.59. The Balaban J connectivity index is 2.63. The van der Waals surface area contributed by atoms with E-state index in [2.05, 4.69) is 0 Å². The van der Waals surface area contributed by atoms with E-state index in [0.29, 0.717) is 0 Å². The molecule has 0 aromatic heterocycles. The van der Waals surface area contributed by atoms with Gasteiger partial charge in [-0.2, -0.15) is 0 Å². The van der Waals surface area contributed by atoms with Crippen molar-refractivity contribution in [1.82, 2.24) is 0 Å². The Labute approximate surface area is 63.5 Å². The van der Waals surface area contributed by atoms with Crippen LogP contribution in [0, 0.1) is 0 Å². The summed E-state index contributed by atoms with van der Waals surface area (Å²) in [5, 5.41) is 44.8. The molecule has 1 aliphatic rings. The predicted octanol–water partition coefficient (Wildman–Crippen LogP) is -2.81. The molecule has 1 fully saturated rings. The van der Waals surface area contributed by atoms with E-state index in [1.54, 1.807) is 0 Å². The SMILES string of the molecule is OC1CC(O)[C@H](O)C(O)C1O. The molecule has 1 aliphatic carbocycles. The molecule has 4 unspecified atom stereocenters. The lowest BCUT2D eigenvalue weighted by Crippen LogP contribution is -2.55. The van der Waals surface area contributed by atoms with Crippen molar-refractivity contribution in [2.45, 2.75) is 36.9 Å². The molecule has 0 bridgehead atoms. The van der Waals surface area contributed by atoms with Crippen LogP contribution in [0.1, 0.15) is 6.42 Å². The van der Waals surface area contributed by atoms with Gasteiger partial charge in [0.25, 0.3) is 0 Å². The minimum absolute atomic E-state index is 0.112. The summed E-state index contributed by atoms with van der Waals surface area (Å²) in [7, 11) is 0. The van der Waals surface area contributed by atoms with Crippen LogP contribution >= 0.6 is 0 Å². The van der Waals surface area contributed by atoms with E-state index in [1.165, 1.54) is 0 Å². The molecule has 66 valence electrons. The quantitative estimate of drug-likeness (QED) is 0.266. The van der Waals surface area contributed by atoms with Crippen molar-refractivity contribution in [1.29, 1.82) is 0 Å². The van der Waals surface area contributed by atoms with Crippen molar-refractivity contribution in [3.63, 3.8) is 0 Å². The van der Waals surface area contributed by atoms with E-state index >= 15 is 0 Å². The van der Waals surface area contributed by atoms with Crippen LogP contribution in [-0.2, 0) is 0 Å². The first-order valence-corrected chi connectivity index (χ1v) is 3.44. The summed E-state index contributed by atoms with van der Waals surface area (Å²) in [5.41, 5.74) is 0. The Morgan fingerprint density at radius 1 is 0.636 bits per heavy atom. The third kappa shape index (κ3) is 1.52. The maximum atomic E-state index is 8.97. The van der Waals surface area contributed by atoms with Gasteiger partial charge in [-0.15, -0.1) is 0 Å². The Morgan fingerprint density at radius 3 is 1.36 bits per heavy atom. The van der Waals surface area contributed by atoms with Gasteiger partial charge < -0.3 is 25.5 Å². The molecular weight excluding hydrogens is 152 g/mol. The van der Waals surface area contributed by atoms with Crippen LogP contribution < -0.4 is 0 Å². The second-order valence-corrected chi connectivity index (χ2v) is 2.84. The van der Waals surface area contributed by atoms with Crippen LogP contribution in [0.15, 0.2) is 0 Å². The Morgan fingerprint density at radius 2 is 1.00 bits per heavy atom. The third-order valence-corrected chi connectivity index (χ3v) is 1.97. The molecule has 0 aliphatic heterocycles. The molecule has 1 saturated carbocycles. The molecule has 1 rings (SSSR count). The summed E-state index contributed by atoms with van der Waals surface area (Å²) in [4.78, 5) is 0. The van der Waals surface area contributed by atoms with Crippen LogP contribution in [0.25, 0.3) is 0 Å². The van der Waals surface area contributed by atoms with Crippen molar-refractivity contribution in [2.75, 3.05) is 0 Å². The summed E-state index contributed by atoms with van der Waals surface area (Å²) >= 11 is 0. The van der Waals surface area contributed by atoms with Gasteiger partial charge in [0, 0.05) is 6.42 Å². The maximum Gasteiger partial charge on any atom is 0.111 e. The predicted molar refractivity (Wildman–Crippen MR) is 34.7 cm³/mol. The van der Waals surface area contributed by atoms with E-state index in [1.807, 2.05) is 0 Å². The highest BCUT2D eigenvalue weighted by Gasteiger charge is 2.40. The van der Waals surface area contributed by atoms with Gasteiger partial charge in [0.1, 0.15) is 18.3 Å². The second-order valence-electron chi connectivity index (χ2n) is 2.84. The first kappa shape index (κ1) is 8.89. The van der Waals surface area contributed by atoms with Crippen LogP contribution in [-0.4, -0.2) is 56.1 Å². The van der Waals surface area contributed by atoms with Crippen molar-refractivity contribution in [3.05, 3.63) is 0 Å². The van der Waals surface area contributed by atoms with Crippen molar-refractivity contribution < 1.29 is 25.5 Å². The molecule has 5 atom stereocenters.